The zero-order valence-electron chi connectivity index (χ0n) is 18.6. The summed E-state index contributed by atoms with van der Waals surface area (Å²) in [6, 6.07) is 12.4. The lowest BCUT2D eigenvalue weighted by atomic mass is 10.0. The minimum atomic E-state index is -0.739. The molecule has 2 N–H and O–H groups in total. The predicted molar refractivity (Wildman–Crippen MR) is 120 cm³/mol. The van der Waals surface area contributed by atoms with Gasteiger partial charge in [0.15, 0.2) is 0 Å². The number of hydrogen-bond donors (Lipinski definition) is 2. The van der Waals surface area contributed by atoms with Gasteiger partial charge < -0.3 is 9.26 Å². The van der Waals surface area contributed by atoms with E-state index in [2.05, 4.69) is 25.1 Å². The number of ether oxygens (including phenoxy) is 1. The average molecular weight is 505 g/mol. The van der Waals surface area contributed by atoms with Crippen LogP contribution in [0.1, 0.15) is 22.5 Å². The van der Waals surface area contributed by atoms with Gasteiger partial charge in [0.05, 0.1) is 17.3 Å². The molecule has 13 heteroatoms. The van der Waals surface area contributed by atoms with Crippen molar-refractivity contribution in [1.29, 1.82) is 5.26 Å². The highest BCUT2D eigenvalue weighted by molar-refractivity contribution is 5.61. The van der Waals surface area contributed by atoms with Gasteiger partial charge in [0.1, 0.15) is 29.9 Å². The molecule has 0 atom stereocenters. The van der Waals surface area contributed by atoms with Gasteiger partial charge >= 0.3 is 5.69 Å². The zero-order valence-corrected chi connectivity index (χ0v) is 18.6. The van der Waals surface area contributed by atoms with Gasteiger partial charge in [-0.25, -0.2) is 27.9 Å². The Morgan fingerprint density at radius 3 is 2.57 bits per heavy atom. The molecule has 5 rings (SSSR count). The first-order valence-corrected chi connectivity index (χ1v) is 10.6. The highest BCUT2D eigenvalue weighted by Gasteiger charge is 2.17. The number of nitrogens with one attached hydrogen (secondary N) is 2. The largest absolute Gasteiger partial charge is 0.473 e. The molecule has 0 bridgehead atoms. The summed E-state index contributed by atoms with van der Waals surface area (Å²) in [4.78, 5) is 22.9. The molecule has 0 aliphatic heterocycles. The Morgan fingerprint density at radius 1 is 0.973 bits per heavy atom. The van der Waals surface area contributed by atoms with E-state index in [1.165, 1.54) is 24.3 Å². The van der Waals surface area contributed by atoms with E-state index in [1.807, 2.05) is 11.2 Å². The van der Waals surface area contributed by atoms with Crippen LogP contribution in [0.5, 0.6) is 5.88 Å². The Kier molecular flexibility index (Phi) is 6.21. The number of aromatic amines is 2. The van der Waals surface area contributed by atoms with Gasteiger partial charge in [-0.05, 0) is 35.9 Å². The van der Waals surface area contributed by atoms with Crippen LogP contribution in [0, 0.1) is 28.8 Å². The molecule has 2 aromatic carbocycles. The molecule has 0 saturated heterocycles. The lowest BCUT2D eigenvalue weighted by molar-refractivity contribution is 0.288. The van der Waals surface area contributed by atoms with E-state index in [0.717, 1.165) is 18.2 Å². The second-order valence-corrected chi connectivity index (χ2v) is 7.70. The van der Waals surface area contributed by atoms with Gasteiger partial charge in [-0.1, -0.05) is 12.1 Å². The molecule has 10 nitrogen and oxygen atoms in total. The van der Waals surface area contributed by atoms with Gasteiger partial charge in [-0.15, -0.1) is 10.1 Å². The first-order valence-electron chi connectivity index (χ1n) is 10.6. The average Bonchev–Trinajstić information content (AvgIpc) is 3.54. The number of nitriles is 1. The predicted octanol–water partition coefficient (Wildman–Crippen LogP) is 3.67. The molecule has 3 heterocycles. The third kappa shape index (κ3) is 5.08. The number of nitrogens with zero attached hydrogens (tertiary/aromatic N) is 5. The van der Waals surface area contributed by atoms with Crippen molar-refractivity contribution in [3.8, 4) is 34.9 Å². The van der Waals surface area contributed by atoms with E-state index in [-0.39, 0.29) is 64.4 Å². The maximum Gasteiger partial charge on any atom is 0.377 e. The monoisotopic (exact) mass is 505 g/mol. The summed E-state index contributed by atoms with van der Waals surface area (Å²) in [7, 11) is 0. The van der Waals surface area contributed by atoms with Crippen molar-refractivity contribution in [2.45, 2.75) is 13.0 Å². The molecule has 0 saturated carbocycles. The fourth-order valence-electron chi connectivity index (χ4n) is 3.43. The van der Waals surface area contributed by atoms with Crippen molar-refractivity contribution in [2.75, 3.05) is 0 Å². The van der Waals surface area contributed by atoms with Gasteiger partial charge in [0.2, 0.25) is 11.7 Å². The molecule has 5 aromatic rings. The van der Waals surface area contributed by atoms with Crippen LogP contribution in [0.2, 0.25) is 0 Å². The van der Waals surface area contributed by atoms with Crippen molar-refractivity contribution >= 4 is 0 Å². The quantitative estimate of drug-likeness (QED) is 0.341. The van der Waals surface area contributed by atoms with Gasteiger partial charge in [0, 0.05) is 23.6 Å². The van der Waals surface area contributed by atoms with Gasteiger partial charge in [-0.2, -0.15) is 10.4 Å². The van der Waals surface area contributed by atoms with Gasteiger partial charge in [-0.3, -0.25) is 5.10 Å². The first kappa shape index (κ1) is 23.5. The molecular weight excluding hydrogens is 491 g/mol. The fourth-order valence-corrected chi connectivity index (χ4v) is 3.43. The van der Waals surface area contributed by atoms with E-state index < -0.39 is 23.1 Å². The third-order valence-corrected chi connectivity index (χ3v) is 5.21. The highest BCUT2D eigenvalue weighted by Crippen LogP contribution is 2.27. The molecule has 0 unspecified atom stereocenters. The number of aromatic nitrogens is 6. The first-order chi connectivity index (χ1) is 17.9. The molecule has 184 valence electrons. The van der Waals surface area contributed by atoms with E-state index >= 15 is 0 Å². The Labute approximate surface area is 205 Å². The standard InChI is InChI=1S/C24H14F3N7O3/c25-16-6-12(10-28)4-5-13(16)11-36-21-3-1-2-19(29-21)15-9-17(26)14(7-18(15)27)8-20-30-22(33-32-20)23-31-24(35)34-37-23/h1-7,9H,8,11H2,(H,34,35)(H,30,32,33). The number of H-pyrrole nitrogens is 2. The zero-order chi connectivity index (χ0) is 25.9. The summed E-state index contributed by atoms with van der Waals surface area (Å²) in [5, 5.41) is 17.3. The van der Waals surface area contributed by atoms with Crippen LogP contribution in [0.4, 0.5) is 13.2 Å². The Morgan fingerprint density at radius 2 is 1.81 bits per heavy atom. The normalized spacial score (nSPS) is 10.9. The second-order valence-electron chi connectivity index (χ2n) is 7.70. The van der Waals surface area contributed by atoms with Crippen LogP contribution in [0.25, 0.3) is 23.0 Å². The molecule has 0 aliphatic carbocycles. The summed E-state index contributed by atoms with van der Waals surface area (Å²) in [6.07, 6.45) is -0.128. The molecule has 0 radical (unpaired) electrons. The third-order valence-electron chi connectivity index (χ3n) is 5.21. The van der Waals surface area contributed by atoms with Crippen molar-refractivity contribution < 1.29 is 22.4 Å². The highest BCUT2D eigenvalue weighted by atomic mass is 19.1. The topological polar surface area (TPSA) is 146 Å². The maximum atomic E-state index is 15.0. The minimum absolute atomic E-state index is 0.00359. The molecule has 0 fully saturated rings. The van der Waals surface area contributed by atoms with E-state index in [4.69, 9.17) is 14.5 Å². The van der Waals surface area contributed by atoms with Crippen molar-refractivity contribution in [2.24, 2.45) is 0 Å². The van der Waals surface area contributed by atoms with E-state index in [1.54, 1.807) is 6.07 Å². The number of benzene rings is 2. The fraction of sp³-hybridized carbons (Fsp3) is 0.0833. The SMILES string of the molecule is N#Cc1ccc(COc2cccc(-c3cc(F)c(Cc4nc(-c5nc(=O)[nH]o5)n[nH]4)cc3F)n2)c(F)c1. The smallest absolute Gasteiger partial charge is 0.377 e. The molecular formula is C24H14F3N7O3. The summed E-state index contributed by atoms with van der Waals surface area (Å²) in [6.45, 7) is -0.176. The summed E-state index contributed by atoms with van der Waals surface area (Å²) < 4.78 is 54.3. The number of hydrogen-bond acceptors (Lipinski definition) is 8. The lowest BCUT2D eigenvalue weighted by Crippen LogP contribution is -2.02. The maximum absolute atomic E-state index is 15.0. The summed E-state index contributed by atoms with van der Waals surface area (Å²) >= 11 is 0. The molecule has 0 spiro atoms. The summed E-state index contributed by atoms with van der Waals surface area (Å²) in [5.41, 5.74) is -0.329. The number of pyridine rings is 1. The number of rotatable bonds is 7. The van der Waals surface area contributed by atoms with Crippen LogP contribution in [0.3, 0.4) is 0 Å². The van der Waals surface area contributed by atoms with Crippen LogP contribution < -0.4 is 10.4 Å². The molecule has 3 aromatic heterocycles. The Bertz CT molecular complexity index is 1700. The Balaban J connectivity index is 1.33. The van der Waals surface area contributed by atoms with Crippen molar-refractivity contribution in [1.82, 2.24) is 30.3 Å². The minimum Gasteiger partial charge on any atom is -0.473 e. The lowest BCUT2D eigenvalue weighted by Gasteiger charge is -2.10. The van der Waals surface area contributed by atoms with Crippen molar-refractivity contribution in [3.63, 3.8) is 0 Å². The Hall–Kier alpha value is -5.25. The second kappa shape index (κ2) is 9.78. The summed E-state index contributed by atoms with van der Waals surface area (Å²) in [5.74, 6) is -1.96. The molecule has 37 heavy (non-hydrogen) atoms. The van der Waals surface area contributed by atoms with Crippen LogP contribution in [-0.2, 0) is 13.0 Å². The van der Waals surface area contributed by atoms with Crippen LogP contribution in [0.15, 0.2) is 57.8 Å². The molecule has 0 amide bonds. The molecule has 0 aliphatic rings. The van der Waals surface area contributed by atoms with E-state index in [9.17, 15) is 18.0 Å². The van der Waals surface area contributed by atoms with E-state index in [0.29, 0.717) is 0 Å². The van der Waals surface area contributed by atoms with Crippen LogP contribution >= 0.6 is 0 Å². The van der Waals surface area contributed by atoms with Crippen LogP contribution in [-0.4, -0.2) is 30.3 Å². The van der Waals surface area contributed by atoms with Crippen molar-refractivity contribution in [3.05, 3.63) is 99.0 Å². The van der Waals surface area contributed by atoms with Gasteiger partial charge in [0.25, 0.3) is 5.89 Å². The number of halogens is 3.